The molecule has 3 rings (SSSR count). The third kappa shape index (κ3) is 4.75. The van der Waals surface area contributed by atoms with Crippen LogP contribution in [0, 0.1) is 5.82 Å². The molecule has 0 saturated carbocycles. The molecule has 10 heteroatoms. The molecule has 0 amide bonds. The fraction of sp³-hybridized carbons (Fsp3) is 0.286. The van der Waals surface area contributed by atoms with Crippen LogP contribution in [0.2, 0.25) is 10.0 Å². The molecular formula is C21H21Cl2FN4O3. The zero-order valence-corrected chi connectivity index (χ0v) is 18.7. The highest BCUT2D eigenvalue weighted by molar-refractivity contribution is 6.36. The van der Waals surface area contributed by atoms with Gasteiger partial charge < -0.3 is 15.2 Å². The minimum atomic E-state index is -0.975. The number of hydrogen-bond acceptors (Lipinski definition) is 6. The lowest BCUT2D eigenvalue weighted by Crippen LogP contribution is -2.37. The van der Waals surface area contributed by atoms with Gasteiger partial charge in [-0.1, -0.05) is 23.2 Å². The number of ether oxygens (including phenoxy) is 2. The van der Waals surface area contributed by atoms with Crippen LogP contribution in [0.15, 0.2) is 36.8 Å². The summed E-state index contributed by atoms with van der Waals surface area (Å²) in [5, 5.41) is 4.59. The number of nitrogens with two attached hydrogens (primary N) is 1. The molecule has 0 aliphatic carbocycles. The predicted molar refractivity (Wildman–Crippen MR) is 117 cm³/mol. The number of aromatic nitrogens is 3. The SMILES string of the molecule is COC(=O)C(C)(C)n1cc(-c2cnc(N)c(OCCc3c(Cl)ccc(F)c3Cl)c2)cn1. The highest BCUT2D eigenvalue weighted by atomic mass is 35.5. The normalized spacial score (nSPS) is 11.4. The third-order valence-electron chi connectivity index (χ3n) is 4.80. The number of esters is 1. The molecule has 0 spiro atoms. The Hall–Kier alpha value is -2.84. The van der Waals surface area contributed by atoms with Gasteiger partial charge in [0.25, 0.3) is 0 Å². The number of anilines is 1. The first-order valence-electron chi connectivity index (χ1n) is 9.29. The molecule has 0 fully saturated rings. The number of nitrogen functional groups attached to an aromatic ring is 1. The van der Waals surface area contributed by atoms with Crippen LogP contribution in [0.4, 0.5) is 10.2 Å². The smallest absolute Gasteiger partial charge is 0.333 e. The van der Waals surface area contributed by atoms with E-state index in [0.717, 1.165) is 0 Å². The summed E-state index contributed by atoms with van der Waals surface area (Å²) < 4.78 is 25.8. The van der Waals surface area contributed by atoms with Gasteiger partial charge in [0, 0.05) is 35.0 Å². The summed E-state index contributed by atoms with van der Waals surface area (Å²) in [6.45, 7) is 3.56. The van der Waals surface area contributed by atoms with Crippen molar-refractivity contribution in [1.82, 2.24) is 14.8 Å². The third-order valence-corrected chi connectivity index (χ3v) is 5.57. The highest BCUT2D eigenvalue weighted by Crippen LogP contribution is 2.30. The van der Waals surface area contributed by atoms with E-state index in [1.54, 1.807) is 38.5 Å². The summed E-state index contributed by atoms with van der Waals surface area (Å²) in [6, 6.07) is 4.37. The average Bonchev–Trinajstić information content (AvgIpc) is 3.25. The van der Waals surface area contributed by atoms with Gasteiger partial charge in [-0.05, 0) is 37.6 Å². The second-order valence-electron chi connectivity index (χ2n) is 7.25. The quantitative estimate of drug-likeness (QED) is 0.406. The summed E-state index contributed by atoms with van der Waals surface area (Å²) in [6.07, 6.45) is 5.17. The van der Waals surface area contributed by atoms with Gasteiger partial charge >= 0.3 is 5.97 Å². The second kappa shape index (κ2) is 9.11. The number of methoxy groups -OCH3 is 1. The maximum atomic E-state index is 13.7. The van der Waals surface area contributed by atoms with Gasteiger partial charge in [0.15, 0.2) is 17.1 Å². The van der Waals surface area contributed by atoms with Crippen LogP contribution in [-0.4, -0.2) is 34.5 Å². The topological polar surface area (TPSA) is 92.3 Å². The zero-order valence-electron chi connectivity index (χ0n) is 17.2. The Bertz CT molecular complexity index is 1120. The lowest BCUT2D eigenvalue weighted by molar-refractivity contribution is -0.150. The van der Waals surface area contributed by atoms with E-state index in [0.29, 0.717) is 27.5 Å². The van der Waals surface area contributed by atoms with Crippen LogP contribution in [0.5, 0.6) is 5.75 Å². The molecule has 164 valence electrons. The van der Waals surface area contributed by atoms with E-state index in [2.05, 4.69) is 10.1 Å². The van der Waals surface area contributed by atoms with Gasteiger partial charge in [0.2, 0.25) is 0 Å². The number of benzene rings is 1. The summed E-state index contributed by atoms with van der Waals surface area (Å²) >= 11 is 12.1. The van der Waals surface area contributed by atoms with Crippen molar-refractivity contribution in [3.8, 4) is 16.9 Å². The van der Waals surface area contributed by atoms with Crippen molar-refractivity contribution >= 4 is 35.0 Å². The Morgan fingerprint density at radius 2 is 2.00 bits per heavy atom. The number of carbonyl (C=O) groups excluding carboxylic acids is 1. The first-order chi connectivity index (χ1) is 14.6. The Labute approximate surface area is 188 Å². The van der Waals surface area contributed by atoms with Crippen LogP contribution >= 0.6 is 23.2 Å². The Morgan fingerprint density at radius 1 is 1.26 bits per heavy atom. The largest absolute Gasteiger partial charge is 0.489 e. The number of halogens is 3. The molecule has 0 atom stereocenters. The van der Waals surface area contributed by atoms with E-state index in [9.17, 15) is 9.18 Å². The minimum Gasteiger partial charge on any atom is -0.489 e. The van der Waals surface area contributed by atoms with Gasteiger partial charge in [-0.2, -0.15) is 5.10 Å². The highest BCUT2D eigenvalue weighted by Gasteiger charge is 2.31. The fourth-order valence-corrected chi connectivity index (χ4v) is 3.47. The maximum absolute atomic E-state index is 13.7. The molecule has 2 N–H and O–H groups in total. The van der Waals surface area contributed by atoms with Crippen molar-refractivity contribution in [2.24, 2.45) is 0 Å². The van der Waals surface area contributed by atoms with Crippen LogP contribution in [0.1, 0.15) is 19.4 Å². The summed E-state index contributed by atoms with van der Waals surface area (Å²) in [5.41, 5.74) is 6.82. The lowest BCUT2D eigenvalue weighted by atomic mass is 10.1. The van der Waals surface area contributed by atoms with Crippen molar-refractivity contribution in [2.75, 3.05) is 19.5 Å². The van der Waals surface area contributed by atoms with Crippen LogP contribution in [0.3, 0.4) is 0 Å². The number of hydrogen-bond donors (Lipinski definition) is 1. The molecule has 0 radical (unpaired) electrons. The summed E-state index contributed by atoms with van der Waals surface area (Å²) in [5.74, 6) is -0.420. The standard InChI is InChI=1S/C21H21Cl2FN4O3/c1-21(2,20(29)30-3)28-11-13(10-27-28)12-8-17(19(25)26-9-12)31-7-6-14-15(22)4-5-16(24)18(14)23/h4-5,8-11H,6-7H2,1-3H3,(H2,25,26). The van der Waals surface area contributed by atoms with Crippen molar-refractivity contribution in [3.05, 3.63) is 58.2 Å². The molecule has 0 bridgehead atoms. The fourth-order valence-electron chi connectivity index (χ4n) is 2.91. The average molecular weight is 467 g/mol. The van der Waals surface area contributed by atoms with Gasteiger partial charge in [-0.3, -0.25) is 4.68 Å². The minimum absolute atomic E-state index is 0.0309. The molecule has 0 aliphatic rings. The molecule has 7 nitrogen and oxygen atoms in total. The molecule has 3 aromatic rings. The van der Waals surface area contributed by atoms with E-state index in [1.165, 1.54) is 23.9 Å². The molecule has 2 aromatic heterocycles. The number of nitrogens with zero attached hydrogens (tertiary/aromatic N) is 3. The second-order valence-corrected chi connectivity index (χ2v) is 8.04. The molecular weight excluding hydrogens is 446 g/mol. The number of rotatable bonds is 7. The van der Waals surface area contributed by atoms with E-state index in [-0.39, 0.29) is 23.9 Å². The van der Waals surface area contributed by atoms with Crippen molar-refractivity contribution < 1.29 is 18.7 Å². The van der Waals surface area contributed by atoms with Gasteiger partial charge in [0.05, 0.1) is 24.9 Å². The predicted octanol–water partition coefficient (Wildman–Crippen LogP) is 4.50. The first kappa shape index (κ1) is 22.8. The van der Waals surface area contributed by atoms with Crippen LogP contribution in [0.25, 0.3) is 11.1 Å². The van der Waals surface area contributed by atoms with Crippen molar-refractivity contribution in [2.45, 2.75) is 25.8 Å². The van der Waals surface area contributed by atoms with Crippen molar-refractivity contribution in [1.29, 1.82) is 0 Å². The van der Waals surface area contributed by atoms with Crippen LogP contribution in [-0.2, 0) is 21.5 Å². The summed E-state index contributed by atoms with van der Waals surface area (Å²) in [4.78, 5) is 16.2. The Kier molecular flexibility index (Phi) is 6.71. The Morgan fingerprint density at radius 3 is 2.71 bits per heavy atom. The van der Waals surface area contributed by atoms with Gasteiger partial charge in [-0.15, -0.1) is 0 Å². The van der Waals surface area contributed by atoms with Gasteiger partial charge in [-0.25, -0.2) is 14.2 Å². The molecule has 2 heterocycles. The van der Waals surface area contributed by atoms with E-state index >= 15 is 0 Å². The van der Waals surface area contributed by atoms with Crippen molar-refractivity contribution in [3.63, 3.8) is 0 Å². The number of pyridine rings is 1. The first-order valence-corrected chi connectivity index (χ1v) is 10.1. The zero-order chi connectivity index (χ0) is 22.8. The molecule has 0 aliphatic heterocycles. The van der Waals surface area contributed by atoms with E-state index in [1.807, 2.05) is 0 Å². The maximum Gasteiger partial charge on any atom is 0.333 e. The van der Waals surface area contributed by atoms with E-state index < -0.39 is 17.3 Å². The summed E-state index contributed by atoms with van der Waals surface area (Å²) in [7, 11) is 1.33. The van der Waals surface area contributed by atoms with E-state index in [4.69, 9.17) is 38.4 Å². The van der Waals surface area contributed by atoms with Gasteiger partial charge in [0.1, 0.15) is 5.82 Å². The number of carbonyl (C=O) groups is 1. The monoisotopic (exact) mass is 466 g/mol. The molecule has 31 heavy (non-hydrogen) atoms. The molecule has 0 saturated heterocycles. The Balaban J connectivity index is 1.77. The lowest BCUT2D eigenvalue weighted by Gasteiger charge is -2.21. The molecule has 1 aromatic carbocycles. The van der Waals surface area contributed by atoms with Crippen LogP contribution < -0.4 is 10.5 Å². The molecule has 0 unspecified atom stereocenters.